The first kappa shape index (κ1) is 12.4. The summed E-state index contributed by atoms with van der Waals surface area (Å²) in [5, 5.41) is 0. The molecule has 0 aromatic carbocycles. The SMILES string of the molecule is CCOc1nc(NN)nc(OCC(C)C)n1. The third-order valence-electron chi connectivity index (χ3n) is 1.54. The molecule has 0 bridgehead atoms. The zero-order valence-corrected chi connectivity index (χ0v) is 9.73. The van der Waals surface area contributed by atoms with E-state index in [1.54, 1.807) is 0 Å². The smallest absolute Gasteiger partial charge is 0.324 e. The number of hydrogen-bond acceptors (Lipinski definition) is 7. The summed E-state index contributed by atoms with van der Waals surface area (Å²) in [6, 6.07) is 0.407. The van der Waals surface area contributed by atoms with Crippen LogP contribution in [0.15, 0.2) is 0 Å². The molecule has 1 rings (SSSR count). The average Bonchev–Trinajstić information content (AvgIpc) is 2.26. The van der Waals surface area contributed by atoms with Gasteiger partial charge in [-0.3, -0.25) is 5.43 Å². The van der Waals surface area contributed by atoms with Crippen molar-refractivity contribution < 1.29 is 9.47 Å². The Balaban J connectivity index is 2.77. The van der Waals surface area contributed by atoms with E-state index in [1.807, 2.05) is 20.8 Å². The standard InChI is InChI=1S/C9H17N5O2/c1-4-15-8-11-7(14-10)12-9(13-8)16-5-6(2)3/h6H,4-5,10H2,1-3H3,(H,11,12,13,14). The van der Waals surface area contributed by atoms with E-state index in [-0.39, 0.29) is 18.0 Å². The van der Waals surface area contributed by atoms with Gasteiger partial charge in [-0.05, 0) is 12.8 Å². The highest BCUT2D eigenvalue weighted by Crippen LogP contribution is 2.12. The minimum atomic E-state index is 0.198. The van der Waals surface area contributed by atoms with Gasteiger partial charge in [0.2, 0.25) is 5.95 Å². The molecule has 0 spiro atoms. The second-order valence-electron chi connectivity index (χ2n) is 3.51. The highest BCUT2D eigenvalue weighted by Gasteiger charge is 2.08. The highest BCUT2D eigenvalue weighted by atomic mass is 16.5. The predicted octanol–water partition coefficient (Wildman–Crippen LogP) is 0.591. The molecular formula is C9H17N5O2. The lowest BCUT2D eigenvalue weighted by Gasteiger charge is -2.09. The molecule has 0 atom stereocenters. The summed E-state index contributed by atoms with van der Waals surface area (Å²) < 4.78 is 10.5. The van der Waals surface area contributed by atoms with Gasteiger partial charge in [-0.1, -0.05) is 13.8 Å². The van der Waals surface area contributed by atoms with Crippen molar-refractivity contribution in [1.82, 2.24) is 15.0 Å². The zero-order valence-electron chi connectivity index (χ0n) is 9.73. The van der Waals surface area contributed by atoms with Gasteiger partial charge in [0.25, 0.3) is 0 Å². The van der Waals surface area contributed by atoms with E-state index in [9.17, 15) is 0 Å². The number of nitrogens with zero attached hydrogens (tertiary/aromatic N) is 3. The number of anilines is 1. The Morgan fingerprint density at radius 1 is 1.19 bits per heavy atom. The number of nitrogen functional groups attached to an aromatic ring is 1. The van der Waals surface area contributed by atoms with Crippen LogP contribution in [-0.2, 0) is 0 Å². The molecule has 3 N–H and O–H groups in total. The fraction of sp³-hybridized carbons (Fsp3) is 0.667. The van der Waals surface area contributed by atoms with Crippen molar-refractivity contribution in [3.63, 3.8) is 0 Å². The van der Waals surface area contributed by atoms with Gasteiger partial charge in [0.1, 0.15) is 0 Å². The van der Waals surface area contributed by atoms with Gasteiger partial charge in [0, 0.05) is 0 Å². The Bertz CT molecular complexity index is 332. The Kier molecular flexibility index (Phi) is 4.71. The van der Waals surface area contributed by atoms with Gasteiger partial charge in [-0.25, -0.2) is 5.84 Å². The summed E-state index contributed by atoms with van der Waals surface area (Å²) in [4.78, 5) is 11.8. The fourth-order valence-electron chi connectivity index (χ4n) is 0.902. The Morgan fingerprint density at radius 3 is 2.31 bits per heavy atom. The molecule has 0 aliphatic rings. The maximum absolute atomic E-state index is 5.36. The first-order chi connectivity index (χ1) is 7.65. The number of aromatic nitrogens is 3. The molecule has 0 amide bonds. The first-order valence-electron chi connectivity index (χ1n) is 5.14. The maximum Gasteiger partial charge on any atom is 0.324 e. The van der Waals surface area contributed by atoms with Gasteiger partial charge in [-0.2, -0.15) is 9.97 Å². The normalized spacial score (nSPS) is 10.3. The average molecular weight is 227 g/mol. The van der Waals surface area contributed by atoms with E-state index in [2.05, 4.69) is 20.4 Å². The molecule has 7 nitrogen and oxygen atoms in total. The van der Waals surface area contributed by atoms with E-state index < -0.39 is 0 Å². The molecular weight excluding hydrogens is 210 g/mol. The van der Waals surface area contributed by atoms with Crippen LogP contribution in [-0.4, -0.2) is 28.2 Å². The van der Waals surface area contributed by atoms with Crippen molar-refractivity contribution in [3.05, 3.63) is 0 Å². The molecule has 0 aliphatic heterocycles. The topological polar surface area (TPSA) is 95.2 Å². The lowest BCUT2D eigenvalue weighted by molar-refractivity contribution is 0.240. The zero-order chi connectivity index (χ0) is 12.0. The number of ether oxygens (including phenoxy) is 2. The van der Waals surface area contributed by atoms with E-state index in [4.69, 9.17) is 15.3 Å². The van der Waals surface area contributed by atoms with Gasteiger partial charge >= 0.3 is 12.0 Å². The van der Waals surface area contributed by atoms with Crippen LogP contribution >= 0.6 is 0 Å². The largest absolute Gasteiger partial charge is 0.464 e. The monoisotopic (exact) mass is 227 g/mol. The molecule has 1 aromatic rings. The van der Waals surface area contributed by atoms with Crippen molar-refractivity contribution in [2.75, 3.05) is 18.6 Å². The lowest BCUT2D eigenvalue weighted by Crippen LogP contribution is -2.14. The van der Waals surface area contributed by atoms with E-state index in [0.717, 1.165) is 0 Å². The summed E-state index contributed by atoms with van der Waals surface area (Å²) >= 11 is 0. The second-order valence-corrected chi connectivity index (χ2v) is 3.51. The van der Waals surface area contributed by atoms with Crippen LogP contribution in [0.25, 0.3) is 0 Å². The quantitative estimate of drug-likeness (QED) is 0.542. The highest BCUT2D eigenvalue weighted by molar-refractivity contribution is 5.25. The van der Waals surface area contributed by atoms with Crippen molar-refractivity contribution in [1.29, 1.82) is 0 Å². The van der Waals surface area contributed by atoms with Gasteiger partial charge in [0.15, 0.2) is 0 Å². The number of nitrogens with one attached hydrogen (secondary N) is 1. The van der Waals surface area contributed by atoms with Crippen LogP contribution in [0, 0.1) is 5.92 Å². The van der Waals surface area contributed by atoms with Crippen molar-refractivity contribution >= 4 is 5.95 Å². The molecule has 0 saturated carbocycles. The molecule has 0 aliphatic carbocycles. The summed E-state index contributed by atoms with van der Waals surface area (Å²) in [5.74, 6) is 5.84. The first-order valence-corrected chi connectivity index (χ1v) is 5.14. The molecule has 7 heteroatoms. The fourth-order valence-corrected chi connectivity index (χ4v) is 0.902. The number of nitrogens with two attached hydrogens (primary N) is 1. The van der Waals surface area contributed by atoms with Crippen LogP contribution in [0.4, 0.5) is 5.95 Å². The summed E-state index contributed by atoms with van der Waals surface area (Å²) in [5.41, 5.74) is 2.33. The van der Waals surface area contributed by atoms with Crippen molar-refractivity contribution in [2.24, 2.45) is 11.8 Å². The molecule has 0 fully saturated rings. The summed E-state index contributed by atoms with van der Waals surface area (Å²) in [7, 11) is 0. The van der Waals surface area contributed by atoms with Crippen molar-refractivity contribution in [3.8, 4) is 12.0 Å². The van der Waals surface area contributed by atoms with Crippen LogP contribution in [0.5, 0.6) is 12.0 Å². The third kappa shape index (κ3) is 3.85. The minimum absolute atomic E-state index is 0.198. The predicted molar refractivity (Wildman–Crippen MR) is 59.1 cm³/mol. The van der Waals surface area contributed by atoms with E-state index >= 15 is 0 Å². The Morgan fingerprint density at radius 2 is 1.81 bits per heavy atom. The second kappa shape index (κ2) is 6.06. The Labute approximate surface area is 94.4 Å². The van der Waals surface area contributed by atoms with Gasteiger partial charge in [0.05, 0.1) is 13.2 Å². The molecule has 0 saturated heterocycles. The van der Waals surface area contributed by atoms with E-state index in [0.29, 0.717) is 19.1 Å². The molecule has 0 unspecified atom stereocenters. The summed E-state index contributed by atoms with van der Waals surface area (Å²) in [6.45, 7) is 6.91. The molecule has 0 radical (unpaired) electrons. The van der Waals surface area contributed by atoms with Gasteiger partial charge in [-0.15, -0.1) is 4.98 Å². The number of hydrogen-bond donors (Lipinski definition) is 2. The minimum Gasteiger partial charge on any atom is -0.464 e. The summed E-state index contributed by atoms with van der Waals surface area (Å²) in [6.07, 6.45) is 0. The van der Waals surface area contributed by atoms with E-state index in [1.165, 1.54) is 0 Å². The maximum atomic E-state index is 5.36. The van der Waals surface area contributed by atoms with Crippen LogP contribution < -0.4 is 20.7 Å². The molecule has 90 valence electrons. The van der Waals surface area contributed by atoms with Crippen molar-refractivity contribution in [2.45, 2.75) is 20.8 Å². The van der Waals surface area contributed by atoms with Crippen LogP contribution in [0.1, 0.15) is 20.8 Å². The Hall–Kier alpha value is -1.63. The molecule has 1 aromatic heterocycles. The molecule has 16 heavy (non-hydrogen) atoms. The third-order valence-corrected chi connectivity index (χ3v) is 1.54. The lowest BCUT2D eigenvalue weighted by atomic mass is 10.2. The number of rotatable bonds is 6. The molecule has 1 heterocycles. The van der Waals surface area contributed by atoms with Crippen LogP contribution in [0.3, 0.4) is 0 Å². The van der Waals surface area contributed by atoms with Crippen LogP contribution in [0.2, 0.25) is 0 Å². The number of hydrazine groups is 1. The van der Waals surface area contributed by atoms with Gasteiger partial charge < -0.3 is 9.47 Å².